The Morgan fingerprint density at radius 3 is 2.71 bits per heavy atom. The Labute approximate surface area is 85.7 Å². The molecule has 3 aliphatic carbocycles. The highest BCUT2D eigenvalue weighted by Gasteiger charge is 2.63. The van der Waals surface area contributed by atoms with Gasteiger partial charge in [0.25, 0.3) is 0 Å². The SMILES string of the molecule is CC1=NO[C@]2(CC[C@@H]3C[C@H]2C3(C)C)C1. The van der Waals surface area contributed by atoms with Gasteiger partial charge >= 0.3 is 0 Å². The fourth-order valence-electron chi connectivity index (χ4n) is 3.98. The molecule has 0 unspecified atom stereocenters. The summed E-state index contributed by atoms with van der Waals surface area (Å²) in [7, 11) is 0. The van der Waals surface area contributed by atoms with Crippen LogP contribution in [0.25, 0.3) is 0 Å². The molecule has 3 atom stereocenters. The zero-order valence-corrected chi connectivity index (χ0v) is 9.34. The summed E-state index contributed by atoms with van der Waals surface area (Å²) < 4.78 is 0. The molecule has 2 nitrogen and oxygen atoms in total. The van der Waals surface area contributed by atoms with E-state index in [1.54, 1.807) is 0 Å². The smallest absolute Gasteiger partial charge is 0.146 e. The van der Waals surface area contributed by atoms with Gasteiger partial charge in [0.15, 0.2) is 0 Å². The fourth-order valence-corrected chi connectivity index (χ4v) is 3.98. The number of hydrogen-bond acceptors (Lipinski definition) is 2. The predicted octanol–water partition coefficient (Wildman–Crippen LogP) is 2.98. The van der Waals surface area contributed by atoms with Crippen molar-refractivity contribution in [2.24, 2.45) is 22.4 Å². The van der Waals surface area contributed by atoms with Crippen LogP contribution < -0.4 is 0 Å². The molecule has 0 amide bonds. The molecule has 1 heterocycles. The molecule has 0 aromatic heterocycles. The lowest BCUT2D eigenvalue weighted by atomic mass is 9.43. The van der Waals surface area contributed by atoms with Crippen molar-refractivity contribution in [1.82, 2.24) is 0 Å². The van der Waals surface area contributed by atoms with Crippen LogP contribution >= 0.6 is 0 Å². The van der Waals surface area contributed by atoms with Crippen LogP contribution in [-0.2, 0) is 4.84 Å². The predicted molar refractivity (Wildman–Crippen MR) is 56.2 cm³/mol. The molecule has 0 N–H and O–H groups in total. The molecule has 2 bridgehead atoms. The summed E-state index contributed by atoms with van der Waals surface area (Å²) >= 11 is 0. The van der Waals surface area contributed by atoms with Crippen molar-refractivity contribution >= 4 is 5.71 Å². The summed E-state index contributed by atoms with van der Waals surface area (Å²) in [5, 5.41) is 4.17. The largest absolute Gasteiger partial charge is 0.389 e. The fraction of sp³-hybridized carbons (Fsp3) is 0.917. The topological polar surface area (TPSA) is 21.6 Å². The molecule has 14 heavy (non-hydrogen) atoms. The van der Waals surface area contributed by atoms with Gasteiger partial charge in [0.2, 0.25) is 0 Å². The van der Waals surface area contributed by atoms with E-state index in [0.29, 0.717) is 5.41 Å². The minimum atomic E-state index is 0.0995. The quantitative estimate of drug-likeness (QED) is 0.579. The van der Waals surface area contributed by atoms with Gasteiger partial charge in [-0.3, -0.25) is 0 Å². The normalized spacial score (nSPS) is 48.4. The third-order valence-corrected chi connectivity index (χ3v) is 4.96. The maximum absolute atomic E-state index is 5.77. The molecule has 1 spiro atoms. The summed E-state index contributed by atoms with van der Waals surface area (Å²) in [6.45, 7) is 6.90. The van der Waals surface area contributed by atoms with Gasteiger partial charge in [0.1, 0.15) is 5.60 Å². The average Bonchev–Trinajstić information content (AvgIpc) is 2.47. The Hall–Kier alpha value is -0.530. The van der Waals surface area contributed by atoms with Gasteiger partial charge in [-0.2, -0.15) is 0 Å². The van der Waals surface area contributed by atoms with Gasteiger partial charge < -0.3 is 4.84 Å². The van der Waals surface area contributed by atoms with Crippen molar-refractivity contribution < 1.29 is 4.84 Å². The minimum Gasteiger partial charge on any atom is -0.389 e. The van der Waals surface area contributed by atoms with Crippen LogP contribution in [0.2, 0.25) is 0 Å². The lowest BCUT2D eigenvalue weighted by molar-refractivity contribution is -0.214. The zero-order valence-electron chi connectivity index (χ0n) is 9.34. The van der Waals surface area contributed by atoms with Crippen molar-refractivity contribution in [2.75, 3.05) is 0 Å². The Morgan fingerprint density at radius 1 is 1.43 bits per heavy atom. The van der Waals surface area contributed by atoms with Crippen LogP contribution in [0, 0.1) is 17.3 Å². The molecule has 4 rings (SSSR count). The summed E-state index contributed by atoms with van der Waals surface area (Å²) in [5.74, 6) is 1.69. The molecule has 0 radical (unpaired) electrons. The molecular weight excluding hydrogens is 174 g/mol. The van der Waals surface area contributed by atoms with Crippen LogP contribution in [0.15, 0.2) is 5.16 Å². The lowest BCUT2D eigenvalue weighted by Gasteiger charge is -2.62. The van der Waals surface area contributed by atoms with Crippen molar-refractivity contribution in [1.29, 1.82) is 0 Å². The molecule has 3 saturated carbocycles. The number of oxime groups is 1. The van der Waals surface area contributed by atoms with Gasteiger partial charge in [-0.1, -0.05) is 19.0 Å². The first-order valence-corrected chi connectivity index (χ1v) is 5.76. The Balaban J connectivity index is 1.89. The molecule has 0 aromatic carbocycles. The molecule has 78 valence electrons. The second kappa shape index (κ2) is 2.34. The van der Waals surface area contributed by atoms with Crippen molar-refractivity contribution in [3.8, 4) is 0 Å². The van der Waals surface area contributed by atoms with Gasteiger partial charge in [0.05, 0.1) is 5.71 Å². The lowest BCUT2D eigenvalue weighted by Crippen LogP contribution is -2.61. The van der Waals surface area contributed by atoms with Crippen molar-refractivity contribution in [3.05, 3.63) is 0 Å². The molecular formula is C12H19NO. The maximum Gasteiger partial charge on any atom is 0.146 e. The average molecular weight is 193 g/mol. The first-order valence-electron chi connectivity index (χ1n) is 5.76. The van der Waals surface area contributed by atoms with Gasteiger partial charge in [-0.15, -0.1) is 0 Å². The van der Waals surface area contributed by atoms with Crippen LogP contribution in [-0.4, -0.2) is 11.3 Å². The zero-order chi connectivity index (χ0) is 9.97. The highest BCUT2D eigenvalue weighted by Crippen LogP contribution is 2.65. The number of hydrogen-bond donors (Lipinski definition) is 0. The molecule has 0 saturated heterocycles. The van der Waals surface area contributed by atoms with Crippen LogP contribution in [0.3, 0.4) is 0 Å². The summed E-state index contributed by atoms with van der Waals surface area (Å²) in [5.41, 5.74) is 1.78. The van der Waals surface area contributed by atoms with E-state index in [1.807, 2.05) is 0 Å². The van der Waals surface area contributed by atoms with Gasteiger partial charge in [-0.05, 0) is 37.5 Å². The number of fused-ring (bicyclic) bond motifs is 1. The Bertz CT molecular complexity index is 305. The third-order valence-electron chi connectivity index (χ3n) is 4.96. The first-order chi connectivity index (χ1) is 6.55. The highest BCUT2D eigenvalue weighted by atomic mass is 16.7. The van der Waals surface area contributed by atoms with E-state index >= 15 is 0 Å². The molecule has 3 fully saturated rings. The van der Waals surface area contributed by atoms with Crippen LogP contribution in [0.1, 0.15) is 46.5 Å². The van der Waals surface area contributed by atoms with E-state index in [9.17, 15) is 0 Å². The summed E-state index contributed by atoms with van der Waals surface area (Å²) in [4.78, 5) is 5.77. The molecule has 2 heteroatoms. The molecule has 1 aliphatic heterocycles. The maximum atomic E-state index is 5.77. The van der Waals surface area contributed by atoms with E-state index in [4.69, 9.17) is 4.84 Å². The van der Waals surface area contributed by atoms with E-state index in [1.165, 1.54) is 25.0 Å². The number of rotatable bonds is 0. The Kier molecular flexibility index (Phi) is 1.46. The van der Waals surface area contributed by atoms with E-state index in [-0.39, 0.29) is 5.60 Å². The summed E-state index contributed by atoms with van der Waals surface area (Å²) in [6.07, 6.45) is 5.02. The van der Waals surface area contributed by atoms with Crippen LogP contribution in [0.4, 0.5) is 0 Å². The van der Waals surface area contributed by atoms with Crippen LogP contribution in [0.5, 0.6) is 0 Å². The Morgan fingerprint density at radius 2 is 2.21 bits per heavy atom. The van der Waals surface area contributed by atoms with E-state index in [0.717, 1.165) is 18.3 Å². The monoisotopic (exact) mass is 193 g/mol. The van der Waals surface area contributed by atoms with E-state index < -0.39 is 0 Å². The van der Waals surface area contributed by atoms with E-state index in [2.05, 4.69) is 25.9 Å². The summed E-state index contributed by atoms with van der Waals surface area (Å²) in [6, 6.07) is 0. The van der Waals surface area contributed by atoms with Gasteiger partial charge in [0, 0.05) is 12.3 Å². The third kappa shape index (κ3) is 0.850. The first kappa shape index (κ1) is 8.75. The van der Waals surface area contributed by atoms with Gasteiger partial charge in [-0.25, -0.2) is 0 Å². The number of nitrogens with zero attached hydrogens (tertiary/aromatic N) is 1. The molecule has 4 aliphatic rings. The van der Waals surface area contributed by atoms with Crippen molar-refractivity contribution in [3.63, 3.8) is 0 Å². The minimum absolute atomic E-state index is 0.0995. The second-order valence-corrected chi connectivity index (χ2v) is 6.00. The molecule has 0 aromatic rings. The van der Waals surface area contributed by atoms with Crippen molar-refractivity contribution in [2.45, 2.75) is 52.1 Å². The highest BCUT2D eigenvalue weighted by molar-refractivity contribution is 5.83. The second-order valence-electron chi connectivity index (χ2n) is 6.00. The standard InChI is InChI=1S/C12H19NO/c1-8-7-12(14-13-8)5-4-9-6-10(12)11(9,2)3/h9-10H,4-7H2,1-3H3/t9-,10+,12-/m1/s1.